The molecule has 0 saturated carbocycles. The Balaban J connectivity index is 1.06. The molecule has 2 aliphatic heterocycles. The normalized spacial score (nSPS) is 14.3. The van der Waals surface area contributed by atoms with Gasteiger partial charge in [-0.05, 0) is 114 Å². The number of amides is 2. The van der Waals surface area contributed by atoms with Gasteiger partial charge in [-0.1, -0.05) is 24.3 Å². The second kappa shape index (κ2) is 15.7. The Hall–Kier alpha value is -5.80. The maximum atomic E-state index is 14.1. The molecule has 60 heavy (non-hydrogen) atoms. The minimum absolute atomic E-state index is 0.238. The fourth-order valence-corrected chi connectivity index (χ4v) is 11.2. The second-order valence-corrected chi connectivity index (χ2v) is 20.3. The molecule has 8 rings (SSSR count). The number of rotatable bonds is 8. The number of fused-ring (bicyclic) bond motifs is 1. The van der Waals surface area contributed by atoms with E-state index in [1.165, 1.54) is 22.7 Å². The third-order valence-corrected chi connectivity index (χ3v) is 14.1. The van der Waals surface area contributed by atoms with E-state index in [1.807, 2.05) is 72.8 Å². The Morgan fingerprint density at radius 2 is 0.750 bits per heavy atom. The first kappa shape index (κ1) is 41.0. The first-order valence-electron chi connectivity index (χ1n) is 18.9. The second-order valence-electron chi connectivity index (χ2n) is 16.0. The number of benzene rings is 2. The summed E-state index contributed by atoms with van der Waals surface area (Å²) in [5.41, 5.74) is 2.09. The molecule has 0 unspecified atom stereocenters. The van der Waals surface area contributed by atoms with Gasteiger partial charge in [0.2, 0.25) is 0 Å². The van der Waals surface area contributed by atoms with Crippen molar-refractivity contribution in [2.75, 3.05) is 14.1 Å². The Labute approximate surface area is 363 Å². The summed E-state index contributed by atoms with van der Waals surface area (Å²) in [6.07, 6.45) is -1.54. The molecule has 0 atom stereocenters. The maximum Gasteiger partial charge on any atom is 0.514 e. The molecule has 10 nitrogen and oxygen atoms in total. The molecular weight excluding hydrogens is 837 g/mol. The molecule has 306 valence electrons. The van der Waals surface area contributed by atoms with Crippen molar-refractivity contribution >= 4 is 80.9 Å². The van der Waals surface area contributed by atoms with Gasteiger partial charge in [0.15, 0.2) is 0 Å². The summed E-state index contributed by atoms with van der Waals surface area (Å²) in [6, 6.07) is 30.6. The summed E-state index contributed by atoms with van der Waals surface area (Å²) >= 11 is 6.11. The zero-order valence-electron chi connectivity index (χ0n) is 34.0. The van der Waals surface area contributed by atoms with Gasteiger partial charge >= 0.3 is 12.3 Å². The summed E-state index contributed by atoms with van der Waals surface area (Å²) in [5.74, 6) is 0.320. The lowest BCUT2D eigenvalue weighted by Gasteiger charge is -2.19. The summed E-state index contributed by atoms with van der Waals surface area (Å²) in [7, 11) is 3.42. The van der Waals surface area contributed by atoms with Gasteiger partial charge in [0.25, 0.3) is 11.8 Å². The van der Waals surface area contributed by atoms with Gasteiger partial charge in [-0.15, -0.1) is 45.3 Å². The molecule has 2 amide bonds. The Morgan fingerprint density at radius 1 is 0.450 bits per heavy atom. The van der Waals surface area contributed by atoms with Crippen LogP contribution >= 0.6 is 45.3 Å². The van der Waals surface area contributed by atoms with Gasteiger partial charge in [0, 0.05) is 54.5 Å². The minimum atomic E-state index is -0.772. The molecule has 0 N–H and O–H groups in total. The molecule has 4 aromatic heterocycles. The number of para-hydroxylation sites is 2. The SMILES string of the molecule is CN1C(=O)C2=C(c3ccc(-c4ccc(-c5ccccc5OC(=O)OC(C)(C)C)s4)s3)N(C)C(=O)C2=C1c1ccc(-c2ccc(-c3ccccc3OC(=O)OC(C)(C)C)s2)s1. The fraction of sp³-hybridized carbons (Fsp3) is 0.217. The molecule has 0 bridgehead atoms. The molecule has 14 heteroatoms. The van der Waals surface area contributed by atoms with Crippen LogP contribution in [-0.2, 0) is 19.1 Å². The van der Waals surface area contributed by atoms with Crippen molar-refractivity contribution in [1.29, 1.82) is 0 Å². The largest absolute Gasteiger partial charge is 0.514 e. The molecule has 0 aliphatic carbocycles. The average Bonchev–Trinajstić information content (AvgIpc) is 4.03. The highest BCUT2D eigenvalue weighted by atomic mass is 32.1. The number of nitrogens with zero attached hydrogens (tertiary/aromatic N) is 2. The van der Waals surface area contributed by atoms with Gasteiger partial charge in [-0.3, -0.25) is 9.59 Å². The lowest BCUT2D eigenvalue weighted by molar-refractivity contribution is -0.123. The maximum absolute atomic E-state index is 14.1. The molecular formula is C46H40N2O8S4. The van der Waals surface area contributed by atoms with E-state index in [0.29, 0.717) is 34.0 Å². The van der Waals surface area contributed by atoms with Crippen LogP contribution in [0.25, 0.3) is 51.8 Å². The number of hydrogen-bond acceptors (Lipinski definition) is 12. The van der Waals surface area contributed by atoms with Crippen LogP contribution in [0.4, 0.5) is 9.59 Å². The van der Waals surface area contributed by atoms with Crippen LogP contribution in [0.3, 0.4) is 0 Å². The molecule has 0 radical (unpaired) electrons. The number of thiophene rings is 4. The zero-order chi connectivity index (χ0) is 42.7. The van der Waals surface area contributed by atoms with E-state index >= 15 is 0 Å². The highest BCUT2D eigenvalue weighted by molar-refractivity contribution is 7.25. The Bertz CT molecular complexity index is 2580. The minimum Gasteiger partial charge on any atom is -0.428 e. The predicted molar refractivity (Wildman–Crippen MR) is 239 cm³/mol. The van der Waals surface area contributed by atoms with Crippen LogP contribution in [0.15, 0.2) is 108 Å². The van der Waals surface area contributed by atoms with E-state index in [2.05, 4.69) is 0 Å². The van der Waals surface area contributed by atoms with Gasteiger partial charge in [0.05, 0.1) is 32.3 Å². The molecule has 0 saturated heterocycles. The highest BCUT2D eigenvalue weighted by Crippen LogP contribution is 2.50. The van der Waals surface area contributed by atoms with E-state index in [-0.39, 0.29) is 11.8 Å². The molecule has 6 heterocycles. The van der Waals surface area contributed by atoms with Gasteiger partial charge < -0.3 is 28.7 Å². The summed E-state index contributed by atoms with van der Waals surface area (Å²) in [5, 5.41) is 0. The fourth-order valence-electron chi connectivity index (χ4n) is 6.77. The van der Waals surface area contributed by atoms with E-state index in [1.54, 1.807) is 112 Å². The Morgan fingerprint density at radius 3 is 1.10 bits per heavy atom. The monoisotopic (exact) mass is 876 g/mol. The molecule has 0 spiro atoms. The van der Waals surface area contributed by atoms with Crippen molar-refractivity contribution in [3.05, 3.63) is 118 Å². The summed E-state index contributed by atoms with van der Waals surface area (Å²) < 4.78 is 21.9. The van der Waals surface area contributed by atoms with Crippen molar-refractivity contribution in [1.82, 2.24) is 9.80 Å². The van der Waals surface area contributed by atoms with E-state index in [9.17, 15) is 19.2 Å². The Kier molecular flexibility index (Phi) is 10.7. The van der Waals surface area contributed by atoms with E-state index in [0.717, 1.165) is 50.1 Å². The van der Waals surface area contributed by atoms with Crippen LogP contribution < -0.4 is 9.47 Å². The predicted octanol–water partition coefficient (Wildman–Crippen LogP) is 12.3. The summed E-state index contributed by atoms with van der Waals surface area (Å²) in [4.78, 5) is 63.6. The highest BCUT2D eigenvalue weighted by Gasteiger charge is 2.47. The number of carbonyl (C=O) groups is 4. The number of carbonyl (C=O) groups excluding carboxylic acids is 4. The third kappa shape index (κ3) is 8.07. The molecule has 6 aromatic rings. The van der Waals surface area contributed by atoms with Crippen molar-refractivity contribution in [3.8, 4) is 51.9 Å². The van der Waals surface area contributed by atoms with Crippen molar-refractivity contribution < 1.29 is 38.1 Å². The van der Waals surface area contributed by atoms with Crippen LogP contribution in [0.1, 0.15) is 51.3 Å². The lowest BCUT2D eigenvalue weighted by atomic mass is 10.1. The van der Waals surface area contributed by atoms with Crippen molar-refractivity contribution in [2.45, 2.75) is 52.7 Å². The van der Waals surface area contributed by atoms with E-state index < -0.39 is 23.5 Å². The van der Waals surface area contributed by atoms with Crippen LogP contribution in [0, 0.1) is 0 Å². The molecule has 2 aliphatic rings. The molecule has 0 fully saturated rings. The summed E-state index contributed by atoms with van der Waals surface area (Å²) in [6.45, 7) is 10.7. The van der Waals surface area contributed by atoms with Crippen LogP contribution in [-0.4, -0.2) is 59.2 Å². The average molecular weight is 877 g/mol. The molecule has 2 aromatic carbocycles. The van der Waals surface area contributed by atoms with Crippen LogP contribution in [0.2, 0.25) is 0 Å². The number of likely N-dealkylation sites (N-methyl/N-ethyl adjacent to an activating group) is 2. The lowest BCUT2D eigenvalue weighted by Crippen LogP contribution is -2.26. The van der Waals surface area contributed by atoms with Crippen molar-refractivity contribution in [2.24, 2.45) is 0 Å². The first-order chi connectivity index (χ1) is 28.5. The topological polar surface area (TPSA) is 112 Å². The smallest absolute Gasteiger partial charge is 0.428 e. The standard InChI is InChI=1S/C46H40N2O8S4/c1-45(2,3)55-43(51)53-27-15-11-9-13-25(27)29-17-19-31(57-29)33-21-23-35(59-33)39-37-38(42(50)47(39)7)40(48(8)41(37)49)36-24-22-34(60-36)32-20-18-30(58-32)26-14-10-12-16-28(26)54-44(52)56-46(4,5)6/h9-24H,1-8H3. The quantitative estimate of drug-likeness (QED) is 0.110. The number of hydrogen-bond donors (Lipinski definition) is 0. The van der Waals surface area contributed by atoms with Gasteiger partial charge in [-0.25, -0.2) is 9.59 Å². The van der Waals surface area contributed by atoms with Crippen molar-refractivity contribution in [3.63, 3.8) is 0 Å². The third-order valence-electron chi connectivity index (χ3n) is 9.28. The van der Waals surface area contributed by atoms with Gasteiger partial charge in [-0.2, -0.15) is 0 Å². The first-order valence-corrected chi connectivity index (χ1v) is 22.2. The van der Waals surface area contributed by atoms with Gasteiger partial charge in [0.1, 0.15) is 22.7 Å². The zero-order valence-corrected chi connectivity index (χ0v) is 37.3. The van der Waals surface area contributed by atoms with Crippen LogP contribution in [0.5, 0.6) is 11.5 Å². The number of ether oxygens (including phenoxy) is 4. The van der Waals surface area contributed by atoms with E-state index in [4.69, 9.17) is 18.9 Å².